The number of hydrogen-bond acceptors (Lipinski definition) is 4. The number of benzene rings is 1. The van der Waals surface area contributed by atoms with Crippen LogP contribution in [0.2, 0.25) is 0 Å². The van der Waals surface area contributed by atoms with Crippen molar-refractivity contribution in [1.29, 1.82) is 0 Å². The standard InChI is InChI=1S/C12H9NO4/c1-16-6-2-3-8-7(4-6)11(15)10-9(14)5-17-12(10)13-8/h2-4H,5H2,1H3,(H,13,15). The molecular weight excluding hydrogens is 222 g/mol. The maximum Gasteiger partial charge on any atom is 0.209 e. The quantitative estimate of drug-likeness (QED) is 0.798. The first-order valence-corrected chi connectivity index (χ1v) is 5.11. The Labute approximate surface area is 96.0 Å². The van der Waals surface area contributed by atoms with Gasteiger partial charge < -0.3 is 14.5 Å². The van der Waals surface area contributed by atoms with Crippen LogP contribution in [-0.4, -0.2) is 24.5 Å². The highest BCUT2D eigenvalue weighted by atomic mass is 16.5. The molecule has 3 rings (SSSR count). The largest absolute Gasteiger partial charge is 0.497 e. The van der Waals surface area contributed by atoms with Crippen molar-refractivity contribution >= 4 is 16.7 Å². The summed E-state index contributed by atoms with van der Waals surface area (Å²) in [5.74, 6) is 0.554. The number of Topliss-reactive ketones (excluding diaryl/α,β-unsaturated/α-hetero) is 1. The number of aromatic amines is 1. The summed E-state index contributed by atoms with van der Waals surface area (Å²) in [4.78, 5) is 26.6. The number of ketones is 1. The molecule has 0 spiro atoms. The second-order valence-electron chi connectivity index (χ2n) is 3.78. The third-order valence-corrected chi connectivity index (χ3v) is 2.80. The maximum absolute atomic E-state index is 12.1. The van der Waals surface area contributed by atoms with E-state index in [4.69, 9.17) is 9.47 Å². The summed E-state index contributed by atoms with van der Waals surface area (Å²) >= 11 is 0. The number of carbonyl (C=O) groups excluding carboxylic acids is 1. The van der Waals surface area contributed by atoms with Gasteiger partial charge in [-0.2, -0.15) is 0 Å². The number of rotatable bonds is 1. The van der Waals surface area contributed by atoms with Gasteiger partial charge in [-0.25, -0.2) is 0 Å². The molecule has 1 aliphatic heterocycles. The van der Waals surface area contributed by atoms with Crippen molar-refractivity contribution in [3.8, 4) is 11.6 Å². The molecule has 1 aromatic carbocycles. The lowest BCUT2D eigenvalue weighted by Crippen LogP contribution is -2.13. The average Bonchev–Trinajstić information content (AvgIpc) is 2.71. The Morgan fingerprint density at radius 3 is 2.94 bits per heavy atom. The molecule has 0 amide bonds. The van der Waals surface area contributed by atoms with Gasteiger partial charge in [0, 0.05) is 0 Å². The molecule has 86 valence electrons. The van der Waals surface area contributed by atoms with Crippen molar-refractivity contribution in [3.05, 3.63) is 34.0 Å². The van der Waals surface area contributed by atoms with E-state index in [1.165, 1.54) is 7.11 Å². The zero-order chi connectivity index (χ0) is 12.0. The second-order valence-corrected chi connectivity index (χ2v) is 3.78. The first kappa shape index (κ1) is 9.89. The fraction of sp³-hybridized carbons (Fsp3) is 0.167. The zero-order valence-electron chi connectivity index (χ0n) is 9.07. The molecule has 2 heterocycles. The molecule has 0 radical (unpaired) electrons. The highest BCUT2D eigenvalue weighted by Crippen LogP contribution is 2.24. The van der Waals surface area contributed by atoms with Crippen LogP contribution in [0.5, 0.6) is 11.6 Å². The molecule has 2 aromatic rings. The monoisotopic (exact) mass is 231 g/mol. The van der Waals surface area contributed by atoms with Crippen LogP contribution in [0.4, 0.5) is 0 Å². The summed E-state index contributed by atoms with van der Waals surface area (Å²) in [6.07, 6.45) is 0. The molecular formula is C12H9NO4. The summed E-state index contributed by atoms with van der Waals surface area (Å²) in [6, 6.07) is 5.07. The van der Waals surface area contributed by atoms with E-state index < -0.39 is 0 Å². The highest BCUT2D eigenvalue weighted by Gasteiger charge is 2.26. The number of fused-ring (bicyclic) bond motifs is 2. The average molecular weight is 231 g/mol. The Balaban J connectivity index is 2.41. The van der Waals surface area contributed by atoms with E-state index in [1.807, 2.05) is 0 Å². The van der Waals surface area contributed by atoms with E-state index in [2.05, 4.69) is 4.98 Å². The van der Waals surface area contributed by atoms with Crippen molar-refractivity contribution in [2.45, 2.75) is 0 Å². The minimum absolute atomic E-state index is 0.0749. The van der Waals surface area contributed by atoms with Crippen molar-refractivity contribution in [3.63, 3.8) is 0 Å². The Morgan fingerprint density at radius 2 is 2.18 bits per heavy atom. The fourth-order valence-electron chi connectivity index (χ4n) is 1.94. The molecule has 0 bridgehead atoms. The van der Waals surface area contributed by atoms with Gasteiger partial charge in [-0.1, -0.05) is 0 Å². The third kappa shape index (κ3) is 1.32. The maximum atomic E-state index is 12.1. The van der Waals surface area contributed by atoms with E-state index in [9.17, 15) is 9.59 Å². The summed E-state index contributed by atoms with van der Waals surface area (Å²) in [5.41, 5.74) is 0.421. The van der Waals surface area contributed by atoms with Crippen molar-refractivity contribution in [2.24, 2.45) is 0 Å². The van der Waals surface area contributed by atoms with E-state index in [0.29, 0.717) is 16.7 Å². The Kier molecular flexibility index (Phi) is 1.95. The summed E-state index contributed by atoms with van der Waals surface area (Å²) in [7, 11) is 1.52. The molecule has 5 nitrogen and oxygen atoms in total. The normalized spacial score (nSPS) is 13.6. The van der Waals surface area contributed by atoms with Gasteiger partial charge >= 0.3 is 0 Å². The van der Waals surface area contributed by atoms with Crippen LogP contribution in [0.25, 0.3) is 10.9 Å². The number of aromatic nitrogens is 1. The van der Waals surface area contributed by atoms with Crippen molar-refractivity contribution in [1.82, 2.24) is 4.98 Å². The molecule has 0 atom stereocenters. The van der Waals surface area contributed by atoms with Gasteiger partial charge in [0.1, 0.15) is 11.3 Å². The topological polar surface area (TPSA) is 68.4 Å². The predicted molar refractivity (Wildman–Crippen MR) is 60.9 cm³/mol. The van der Waals surface area contributed by atoms with Gasteiger partial charge in [-0.3, -0.25) is 9.59 Å². The van der Waals surface area contributed by atoms with Gasteiger partial charge in [-0.05, 0) is 18.2 Å². The molecule has 17 heavy (non-hydrogen) atoms. The number of carbonyl (C=O) groups is 1. The molecule has 0 fully saturated rings. The van der Waals surface area contributed by atoms with Crippen LogP contribution < -0.4 is 14.9 Å². The zero-order valence-corrected chi connectivity index (χ0v) is 9.07. The molecule has 0 saturated heterocycles. The third-order valence-electron chi connectivity index (χ3n) is 2.80. The van der Waals surface area contributed by atoms with E-state index in [0.717, 1.165) is 0 Å². The molecule has 0 aliphatic carbocycles. The second kappa shape index (κ2) is 3.35. The van der Waals surface area contributed by atoms with Crippen LogP contribution in [0.15, 0.2) is 23.0 Å². The van der Waals surface area contributed by atoms with Crippen LogP contribution in [0.1, 0.15) is 10.4 Å². The molecule has 1 N–H and O–H groups in total. The van der Waals surface area contributed by atoms with Crippen LogP contribution in [-0.2, 0) is 0 Å². The Morgan fingerprint density at radius 1 is 1.35 bits per heavy atom. The van der Waals surface area contributed by atoms with E-state index >= 15 is 0 Å². The van der Waals surface area contributed by atoms with Crippen LogP contribution >= 0.6 is 0 Å². The molecule has 1 aliphatic rings. The number of hydrogen-bond donors (Lipinski definition) is 1. The van der Waals surface area contributed by atoms with Crippen LogP contribution in [0.3, 0.4) is 0 Å². The molecule has 1 aromatic heterocycles. The lowest BCUT2D eigenvalue weighted by molar-refractivity contribution is 0.0959. The number of ether oxygens (including phenoxy) is 2. The minimum atomic E-state index is -0.310. The summed E-state index contributed by atoms with van der Waals surface area (Å²) in [6.45, 7) is -0.0749. The van der Waals surface area contributed by atoms with Crippen LogP contribution in [0, 0.1) is 0 Å². The molecule has 0 saturated carbocycles. The highest BCUT2D eigenvalue weighted by molar-refractivity contribution is 6.04. The number of nitrogens with one attached hydrogen (secondary N) is 1. The number of H-pyrrole nitrogens is 1. The van der Waals surface area contributed by atoms with Crippen molar-refractivity contribution < 1.29 is 14.3 Å². The number of methoxy groups -OCH3 is 1. The minimum Gasteiger partial charge on any atom is -0.497 e. The number of pyridine rings is 1. The smallest absolute Gasteiger partial charge is 0.209 e. The first-order valence-electron chi connectivity index (χ1n) is 5.11. The van der Waals surface area contributed by atoms with Gasteiger partial charge in [0.25, 0.3) is 0 Å². The van der Waals surface area contributed by atoms with Gasteiger partial charge in [0.05, 0.1) is 18.0 Å². The lowest BCUT2D eigenvalue weighted by Gasteiger charge is -2.04. The summed E-state index contributed by atoms with van der Waals surface area (Å²) in [5, 5.41) is 0.432. The fourth-order valence-corrected chi connectivity index (χ4v) is 1.94. The Bertz CT molecular complexity index is 687. The lowest BCUT2D eigenvalue weighted by atomic mass is 10.1. The Hall–Kier alpha value is -2.30. The van der Waals surface area contributed by atoms with E-state index in [-0.39, 0.29) is 29.3 Å². The van der Waals surface area contributed by atoms with Gasteiger partial charge in [-0.15, -0.1) is 0 Å². The summed E-state index contributed by atoms with van der Waals surface area (Å²) < 4.78 is 10.2. The molecule has 0 unspecified atom stereocenters. The van der Waals surface area contributed by atoms with Gasteiger partial charge in [0.15, 0.2) is 6.61 Å². The van der Waals surface area contributed by atoms with Gasteiger partial charge in [0.2, 0.25) is 17.1 Å². The van der Waals surface area contributed by atoms with Crippen molar-refractivity contribution in [2.75, 3.05) is 13.7 Å². The predicted octanol–water partition coefficient (Wildman–Crippen LogP) is 1.11. The molecule has 5 heteroatoms. The first-order chi connectivity index (χ1) is 8.20. The SMILES string of the molecule is COc1ccc2[nH]c3c(c(=O)c2c1)C(=O)CO3. The van der Waals surface area contributed by atoms with E-state index in [1.54, 1.807) is 18.2 Å².